The highest BCUT2D eigenvalue weighted by Gasteiger charge is 2.42. The molecule has 30 heavy (non-hydrogen) atoms. The van der Waals surface area contributed by atoms with E-state index in [1.54, 1.807) is 37.8 Å². The first-order valence-electron chi connectivity index (χ1n) is 9.90. The number of hydrogen-bond acceptors (Lipinski definition) is 8. The van der Waals surface area contributed by atoms with Gasteiger partial charge in [0.05, 0.1) is 29.7 Å². The molecule has 1 aromatic heterocycles. The molecule has 2 aliphatic heterocycles. The van der Waals surface area contributed by atoms with Crippen LogP contribution in [0.1, 0.15) is 5.56 Å². The Balaban J connectivity index is 1.64. The van der Waals surface area contributed by atoms with Crippen LogP contribution in [-0.2, 0) is 16.0 Å². The summed E-state index contributed by atoms with van der Waals surface area (Å²) < 4.78 is 5.04. The van der Waals surface area contributed by atoms with E-state index in [1.165, 1.54) is 6.07 Å². The van der Waals surface area contributed by atoms with Crippen LogP contribution in [0.2, 0.25) is 0 Å². The standard InChI is InChI=1S/C20H24N6O4/c1-30-9-6-23-20(27)16-11-14-10-15(26(28)29)2-3-17(14)25-8-7-24(13-18(16)25)19-12-21-4-5-22-19/h2-5,10,12,16,18H,6-9,11,13H2,1H3,(H,23,27). The number of benzene rings is 1. The van der Waals surface area contributed by atoms with Gasteiger partial charge in [-0.1, -0.05) is 0 Å². The summed E-state index contributed by atoms with van der Waals surface area (Å²) in [6.07, 6.45) is 5.47. The number of aromatic nitrogens is 2. The van der Waals surface area contributed by atoms with Crippen molar-refractivity contribution in [2.45, 2.75) is 12.5 Å². The fraction of sp³-hybridized carbons (Fsp3) is 0.450. The van der Waals surface area contributed by atoms with Crippen molar-refractivity contribution < 1.29 is 14.5 Å². The van der Waals surface area contributed by atoms with E-state index in [2.05, 4.69) is 25.1 Å². The molecule has 0 aliphatic carbocycles. The summed E-state index contributed by atoms with van der Waals surface area (Å²) in [5.41, 5.74) is 1.84. The summed E-state index contributed by atoms with van der Waals surface area (Å²) in [6, 6.07) is 4.86. The average molecular weight is 412 g/mol. The number of methoxy groups -OCH3 is 1. The second-order valence-corrected chi connectivity index (χ2v) is 7.43. The number of anilines is 2. The van der Waals surface area contributed by atoms with Crippen LogP contribution in [0.15, 0.2) is 36.8 Å². The number of nitro groups is 1. The lowest BCUT2D eigenvalue weighted by molar-refractivity contribution is -0.384. The molecular weight excluding hydrogens is 388 g/mol. The van der Waals surface area contributed by atoms with E-state index in [4.69, 9.17) is 4.74 Å². The van der Waals surface area contributed by atoms with E-state index in [0.29, 0.717) is 32.7 Å². The topological polar surface area (TPSA) is 114 Å². The average Bonchev–Trinajstić information content (AvgIpc) is 2.78. The molecule has 10 nitrogen and oxygen atoms in total. The van der Waals surface area contributed by atoms with Gasteiger partial charge in [-0.05, 0) is 18.1 Å². The first-order valence-corrected chi connectivity index (χ1v) is 9.90. The van der Waals surface area contributed by atoms with E-state index < -0.39 is 4.92 Å². The summed E-state index contributed by atoms with van der Waals surface area (Å²) in [7, 11) is 1.59. The summed E-state index contributed by atoms with van der Waals surface area (Å²) >= 11 is 0. The third-order valence-corrected chi connectivity index (χ3v) is 5.72. The van der Waals surface area contributed by atoms with Gasteiger partial charge in [0.25, 0.3) is 5.69 Å². The number of nitrogens with zero attached hydrogens (tertiary/aromatic N) is 5. The molecule has 1 N–H and O–H groups in total. The van der Waals surface area contributed by atoms with E-state index in [-0.39, 0.29) is 23.6 Å². The minimum atomic E-state index is -0.397. The largest absolute Gasteiger partial charge is 0.383 e. The molecule has 1 fully saturated rings. The van der Waals surface area contributed by atoms with Crippen molar-refractivity contribution in [3.8, 4) is 0 Å². The first kappa shape index (κ1) is 20.0. The van der Waals surface area contributed by atoms with Crippen LogP contribution in [-0.4, -0.2) is 66.7 Å². The quantitative estimate of drug-likeness (QED) is 0.425. The molecule has 2 unspecified atom stereocenters. The number of fused-ring (bicyclic) bond motifs is 3. The maximum absolute atomic E-state index is 13.0. The first-order chi connectivity index (χ1) is 14.6. The number of ether oxygens (including phenoxy) is 1. The van der Waals surface area contributed by atoms with Gasteiger partial charge in [-0.15, -0.1) is 0 Å². The van der Waals surface area contributed by atoms with Crippen molar-refractivity contribution in [3.05, 3.63) is 52.5 Å². The van der Waals surface area contributed by atoms with Gasteiger partial charge in [-0.3, -0.25) is 19.9 Å². The lowest BCUT2D eigenvalue weighted by Gasteiger charge is -2.49. The highest BCUT2D eigenvalue weighted by atomic mass is 16.6. The molecule has 0 saturated carbocycles. The second-order valence-electron chi connectivity index (χ2n) is 7.43. The molecule has 2 aliphatic rings. The molecule has 4 rings (SSSR count). The third kappa shape index (κ3) is 3.90. The zero-order valence-electron chi connectivity index (χ0n) is 16.7. The molecule has 3 heterocycles. The number of hydrogen-bond donors (Lipinski definition) is 1. The molecule has 0 spiro atoms. The fourth-order valence-electron chi connectivity index (χ4n) is 4.29. The minimum Gasteiger partial charge on any atom is -0.383 e. The maximum atomic E-state index is 13.0. The zero-order chi connectivity index (χ0) is 21.1. The lowest BCUT2D eigenvalue weighted by atomic mass is 9.83. The Bertz CT molecular complexity index is 925. The van der Waals surface area contributed by atoms with Gasteiger partial charge in [-0.2, -0.15) is 0 Å². The van der Waals surface area contributed by atoms with Crippen LogP contribution >= 0.6 is 0 Å². The number of nitro benzene ring substituents is 1. The molecule has 10 heteroatoms. The Morgan fingerprint density at radius 3 is 2.97 bits per heavy atom. The van der Waals surface area contributed by atoms with E-state index in [1.807, 2.05) is 0 Å². The number of piperazine rings is 1. The Morgan fingerprint density at radius 1 is 1.37 bits per heavy atom. The molecule has 1 aromatic carbocycles. The zero-order valence-corrected chi connectivity index (χ0v) is 16.7. The molecule has 158 valence electrons. The van der Waals surface area contributed by atoms with Gasteiger partial charge in [-0.25, -0.2) is 4.98 Å². The Hall–Kier alpha value is -3.27. The molecule has 2 atom stereocenters. The second kappa shape index (κ2) is 8.62. The van der Waals surface area contributed by atoms with Crippen molar-refractivity contribution in [2.24, 2.45) is 5.92 Å². The van der Waals surface area contributed by atoms with Crippen LogP contribution in [0.3, 0.4) is 0 Å². The van der Waals surface area contributed by atoms with Crippen molar-refractivity contribution >= 4 is 23.1 Å². The van der Waals surface area contributed by atoms with Gasteiger partial charge in [0.1, 0.15) is 5.82 Å². The number of non-ortho nitro benzene ring substituents is 1. The Morgan fingerprint density at radius 2 is 2.23 bits per heavy atom. The lowest BCUT2D eigenvalue weighted by Crippen LogP contribution is -2.61. The van der Waals surface area contributed by atoms with Crippen LogP contribution in [0.4, 0.5) is 17.2 Å². The number of amides is 1. The molecule has 1 amide bonds. The van der Waals surface area contributed by atoms with E-state index >= 15 is 0 Å². The summed E-state index contributed by atoms with van der Waals surface area (Å²) in [5.74, 6) is 0.376. The Kier molecular flexibility index (Phi) is 5.75. The van der Waals surface area contributed by atoms with Crippen molar-refractivity contribution in [3.63, 3.8) is 0 Å². The number of carbonyl (C=O) groups is 1. The maximum Gasteiger partial charge on any atom is 0.269 e. The van der Waals surface area contributed by atoms with Crippen molar-refractivity contribution in [1.82, 2.24) is 15.3 Å². The third-order valence-electron chi connectivity index (χ3n) is 5.72. The molecule has 0 radical (unpaired) electrons. The number of rotatable bonds is 6. The monoisotopic (exact) mass is 412 g/mol. The Labute approximate surface area is 174 Å². The molecule has 0 bridgehead atoms. The normalized spacial score (nSPS) is 20.3. The number of carbonyl (C=O) groups excluding carboxylic acids is 1. The van der Waals surface area contributed by atoms with Crippen molar-refractivity contribution in [1.29, 1.82) is 0 Å². The number of nitrogens with one attached hydrogen (secondary N) is 1. The molecule has 1 saturated heterocycles. The van der Waals surface area contributed by atoms with Gasteiger partial charge >= 0.3 is 0 Å². The SMILES string of the molecule is COCCNC(=O)C1Cc2cc([N+](=O)[O-])ccc2N2CCN(c3cnccn3)CC12. The molecular formula is C20H24N6O4. The highest BCUT2D eigenvalue weighted by molar-refractivity contribution is 5.82. The summed E-state index contributed by atoms with van der Waals surface area (Å²) in [4.78, 5) is 36.8. The summed E-state index contributed by atoms with van der Waals surface area (Å²) in [6.45, 7) is 2.89. The predicted molar refractivity (Wildman–Crippen MR) is 111 cm³/mol. The highest BCUT2D eigenvalue weighted by Crippen LogP contribution is 2.38. The van der Waals surface area contributed by atoms with Gasteiger partial charge in [0, 0.05) is 63.5 Å². The van der Waals surface area contributed by atoms with Crippen molar-refractivity contribution in [2.75, 3.05) is 49.7 Å². The molecule has 2 aromatic rings. The van der Waals surface area contributed by atoms with E-state index in [9.17, 15) is 14.9 Å². The van der Waals surface area contributed by atoms with Crippen LogP contribution < -0.4 is 15.1 Å². The minimum absolute atomic E-state index is 0.0453. The van der Waals surface area contributed by atoms with E-state index in [0.717, 1.165) is 23.6 Å². The van der Waals surface area contributed by atoms with Gasteiger partial charge in [0.15, 0.2) is 0 Å². The van der Waals surface area contributed by atoms with Gasteiger partial charge < -0.3 is 19.9 Å². The smallest absolute Gasteiger partial charge is 0.269 e. The summed E-state index contributed by atoms with van der Waals surface area (Å²) in [5, 5.41) is 14.2. The van der Waals surface area contributed by atoms with Gasteiger partial charge in [0.2, 0.25) is 5.91 Å². The predicted octanol–water partition coefficient (Wildman–Crippen LogP) is 1.01. The van der Waals surface area contributed by atoms with Crippen LogP contribution in [0.5, 0.6) is 0 Å². The van der Waals surface area contributed by atoms with Crippen LogP contribution in [0.25, 0.3) is 0 Å². The van der Waals surface area contributed by atoms with Crippen LogP contribution in [0, 0.1) is 16.0 Å². The fourth-order valence-corrected chi connectivity index (χ4v) is 4.29.